The molecular formula is C48H30N2O2. The Hall–Kier alpha value is -7.04. The van der Waals surface area contributed by atoms with E-state index in [0.717, 1.165) is 83.2 Å². The van der Waals surface area contributed by atoms with Gasteiger partial charge in [-0.05, 0) is 71.8 Å². The highest BCUT2D eigenvalue weighted by molar-refractivity contribution is 6.14. The topological polar surface area (TPSA) is 34.5 Å². The minimum absolute atomic E-state index is 0.822. The maximum absolute atomic E-state index is 6.81. The Morgan fingerprint density at radius 1 is 0.365 bits per heavy atom. The van der Waals surface area contributed by atoms with Crippen molar-refractivity contribution in [2.24, 2.45) is 0 Å². The summed E-state index contributed by atoms with van der Waals surface area (Å²) in [6, 6.07) is 64.3. The molecule has 11 rings (SSSR count). The summed E-state index contributed by atoms with van der Waals surface area (Å²) in [4.78, 5) is 2.31. The number of aromatic nitrogens is 1. The van der Waals surface area contributed by atoms with Crippen molar-refractivity contribution in [2.75, 3.05) is 4.90 Å². The maximum Gasteiger partial charge on any atom is 0.159 e. The summed E-state index contributed by atoms with van der Waals surface area (Å²) in [5.41, 5.74) is 12.0. The SMILES string of the molecule is c1ccc(-c2ccc(N(c3ccc4c(c3)oc3ccccc34)c3cc(-n4c5ccccc5c5ccccc54)cc4c3oc3ccccc34)cc2)cc1. The molecule has 0 saturated heterocycles. The van der Waals surface area contributed by atoms with Crippen LogP contribution in [0.25, 0.3) is 82.5 Å². The predicted molar refractivity (Wildman–Crippen MR) is 215 cm³/mol. The summed E-state index contributed by atoms with van der Waals surface area (Å²) in [5, 5.41) is 6.78. The molecule has 4 nitrogen and oxygen atoms in total. The molecule has 0 unspecified atom stereocenters. The van der Waals surface area contributed by atoms with E-state index in [4.69, 9.17) is 8.83 Å². The molecule has 0 radical (unpaired) electrons. The third-order valence-electron chi connectivity index (χ3n) is 10.4. The molecule has 0 aliphatic rings. The number of nitrogens with zero attached hydrogens (tertiary/aromatic N) is 2. The quantitative estimate of drug-likeness (QED) is 0.183. The van der Waals surface area contributed by atoms with Crippen molar-refractivity contribution in [1.29, 1.82) is 0 Å². The first kappa shape index (κ1) is 28.8. The Labute approximate surface area is 299 Å². The first-order valence-electron chi connectivity index (χ1n) is 17.6. The summed E-state index contributed by atoms with van der Waals surface area (Å²) in [6.07, 6.45) is 0. The highest BCUT2D eigenvalue weighted by Crippen LogP contribution is 2.46. The fraction of sp³-hybridized carbons (Fsp3) is 0. The molecular weight excluding hydrogens is 637 g/mol. The van der Waals surface area contributed by atoms with Crippen LogP contribution in [0.5, 0.6) is 0 Å². The summed E-state index contributed by atoms with van der Waals surface area (Å²) < 4.78 is 15.6. The highest BCUT2D eigenvalue weighted by atomic mass is 16.3. The van der Waals surface area contributed by atoms with Gasteiger partial charge in [0.15, 0.2) is 5.58 Å². The second kappa shape index (κ2) is 11.2. The summed E-state index contributed by atoms with van der Waals surface area (Å²) in [6.45, 7) is 0. The molecule has 4 heteroatoms. The van der Waals surface area contributed by atoms with E-state index in [-0.39, 0.29) is 0 Å². The number of benzene rings is 8. The van der Waals surface area contributed by atoms with Crippen molar-refractivity contribution in [3.63, 3.8) is 0 Å². The van der Waals surface area contributed by atoms with Crippen LogP contribution in [0.15, 0.2) is 191 Å². The average molecular weight is 667 g/mol. The normalized spacial score (nSPS) is 11.8. The number of anilines is 3. The first-order chi connectivity index (χ1) is 25.8. The Morgan fingerprint density at radius 2 is 0.904 bits per heavy atom. The van der Waals surface area contributed by atoms with Crippen molar-refractivity contribution >= 4 is 82.7 Å². The molecule has 0 aliphatic heterocycles. The minimum atomic E-state index is 0.822. The van der Waals surface area contributed by atoms with Gasteiger partial charge in [0.1, 0.15) is 16.7 Å². The molecule has 3 heterocycles. The number of hydrogen-bond donors (Lipinski definition) is 0. The molecule has 0 atom stereocenters. The van der Waals surface area contributed by atoms with E-state index in [1.54, 1.807) is 0 Å². The zero-order chi connectivity index (χ0) is 34.2. The Bertz CT molecular complexity index is 3080. The van der Waals surface area contributed by atoms with Gasteiger partial charge in [0.2, 0.25) is 0 Å². The molecule has 0 amide bonds. The van der Waals surface area contributed by atoms with Gasteiger partial charge in [-0.2, -0.15) is 0 Å². The standard InChI is InChI=1S/C48H30N2O2/c1-2-12-31(13-3-1)32-22-24-33(25-23-32)49(34-26-27-40-38-16-6-10-20-45(38)51-47(40)30-34)44-29-35(28-41-39-17-7-11-21-46(39)52-48(41)44)50-42-18-8-4-14-36(42)37-15-5-9-19-43(37)50/h1-30H. The third-order valence-corrected chi connectivity index (χ3v) is 10.4. The lowest BCUT2D eigenvalue weighted by Gasteiger charge is -2.26. The molecule has 0 fully saturated rings. The van der Waals surface area contributed by atoms with Crippen LogP contribution in [0.4, 0.5) is 17.1 Å². The van der Waals surface area contributed by atoms with Gasteiger partial charge in [0.25, 0.3) is 0 Å². The van der Waals surface area contributed by atoms with E-state index in [1.165, 1.54) is 16.3 Å². The molecule has 0 saturated carbocycles. The number of hydrogen-bond acceptors (Lipinski definition) is 3. The first-order valence-corrected chi connectivity index (χ1v) is 17.6. The fourth-order valence-corrected chi connectivity index (χ4v) is 8.00. The number of furan rings is 2. The molecule has 0 spiro atoms. The van der Waals surface area contributed by atoms with Crippen molar-refractivity contribution in [3.8, 4) is 16.8 Å². The lowest BCUT2D eigenvalue weighted by molar-refractivity contribution is 0.667. The van der Waals surface area contributed by atoms with E-state index >= 15 is 0 Å². The van der Waals surface area contributed by atoms with Gasteiger partial charge in [0, 0.05) is 49.8 Å². The number of rotatable bonds is 5. The molecule has 8 aromatic carbocycles. The van der Waals surface area contributed by atoms with Crippen LogP contribution in [0.3, 0.4) is 0 Å². The Balaban J connectivity index is 1.22. The molecule has 0 N–H and O–H groups in total. The smallest absolute Gasteiger partial charge is 0.159 e. The summed E-state index contributed by atoms with van der Waals surface area (Å²) in [7, 11) is 0. The molecule has 0 bridgehead atoms. The van der Waals surface area contributed by atoms with Crippen LogP contribution in [-0.4, -0.2) is 4.57 Å². The maximum atomic E-state index is 6.81. The third kappa shape index (κ3) is 4.34. The van der Waals surface area contributed by atoms with Gasteiger partial charge < -0.3 is 18.3 Å². The van der Waals surface area contributed by atoms with E-state index in [0.29, 0.717) is 0 Å². The van der Waals surface area contributed by atoms with E-state index in [9.17, 15) is 0 Å². The predicted octanol–water partition coefficient (Wildman–Crippen LogP) is 13.7. The van der Waals surface area contributed by atoms with Crippen LogP contribution in [-0.2, 0) is 0 Å². The van der Waals surface area contributed by atoms with Crippen molar-refractivity contribution in [1.82, 2.24) is 4.57 Å². The van der Waals surface area contributed by atoms with E-state index in [1.807, 2.05) is 18.2 Å². The summed E-state index contributed by atoms with van der Waals surface area (Å²) in [5.74, 6) is 0. The minimum Gasteiger partial charge on any atom is -0.456 e. The van der Waals surface area contributed by atoms with Gasteiger partial charge in [-0.25, -0.2) is 0 Å². The van der Waals surface area contributed by atoms with Crippen LogP contribution in [0.1, 0.15) is 0 Å². The molecule has 0 aliphatic carbocycles. The summed E-state index contributed by atoms with van der Waals surface area (Å²) >= 11 is 0. The van der Waals surface area contributed by atoms with Gasteiger partial charge in [0.05, 0.1) is 22.4 Å². The second-order valence-electron chi connectivity index (χ2n) is 13.3. The zero-order valence-corrected chi connectivity index (χ0v) is 28.0. The second-order valence-corrected chi connectivity index (χ2v) is 13.3. The Morgan fingerprint density at radius 3 is 1.62 bits per heavy atom. The van der Waals surface area contributed by atoms with Crippen molar-refractivity contribution in [3.05, 3.63) is 182 Å². The monoisotopic (exact) mass is 666 g/mol. The molecule has 244 valence electrons. The van der Waals surface area contributed by atoms with Gasteiger partial charge in [-0.15, -0.1) is 0 Å². The van der Waals surface area contributed by atoms with Gasteiger partial charge >= 0.3 is 0 Å². The zero-order valence-electron chi connectivity index (χ0n) is 28.0. The highest BCUT2D eigenvalue weighted by Gasteiger charge is 2.23. The molecule has 3 aromatic heterocycles. The molecule has 11 aromatic rings. The number of para-hydroxylation sites is 4. The number of fused-ring (bicyclic) bond motifs is 9. The van der Waals surface area contributed by atoms with E-state index < -0.39 is 0 Å². The van der Waals surface area contributed by atoms with Gasteiger partial charge in [-0.3, -0.25) is 0 Å². The van der Waals surface area contributed by atoms with Crippen LogP contribution < -0.4 is 4.90 Å². The Kier molecular flexibility index (Phi) is 6.22. The average Bonchev–Trinajstić information content (AvgIpc) is 3.88. The fourth-order valence-electron chi connectivity index (χ4n) is 8.00. The van der Waals surface area contributed by atoms with Gasteiger partial charge in [-0.1, -0.05) is 115 Å². The molecule has 52 heavy (non-hydrogen) atoms. The van der Waals surface area contributed by atoms with Crippen LogP contribution in [0, 0.1) is 0 Å². The van der Waals surface area contributed by atoms with Crippen molar-refractivity contribution in [2.45, 2.75) is 0 Å². The van der Waals surface area contributed by atoms with Crippen LogP contribution >= 0.6 is 0 Å². The van der Waals surface area contributed by atoms with E-state index in [2.05, 4.69) is 173 Å². The lowest BCUT2D eigenvalue weighted by Crippen LogP contribution is -2.11. The largest absolute Gasteiger partial charge is 0.456 e. The lowest BCUT2D eigenvalue weighted by atomic mass is 10.0. The van der Waals surface area contributed by atoms with Crippen molar-refractivity contribution < 1.29 is 8.83 Å². The van der Waals surface area contributed by atoms with Crippen LogP contribution in [0.2, 0.25) is 0 Å².